The van der Waals surface area contributed by atoms with Crippen molar-refractivity contribution < 1.29 is 0 Å². The van der Waals surface area contributed by atoms with Gasteiger partial charge in [0.05, 0.1) is 0 Å². The highest BCUT2D eigenvalue weighted by Gasteiger charge is 2.10. The zero-order chi connectivity index (χ0) is 13.7. The molecule has 0 unspecified atom stereocenters. The molecule has 102 valence electrons. The molecule has 0 aliphatic heterocycles. The molecule has 0 aliphatic carbocycles. The maximum atomic E-state index is 6.35. The minimum absolute atomic E-state index is 0.476. The fourth-order valence-corrected chi connectivity index (χ4v) is 2.26. The largest absolute Gasteiger partial charge is 0.369 e. The summed E-state index contributed by atoms with van der Waals surface area (Å²) in [5.74, 6) is 0. The van der Waals surface area contributed by atoms with Crippen molar-refractivity contribution in [1.29, 1.82) is 0 Å². The van der Waals surface area contributed by atoms with Crippen LogP contribution in [-0.2, 0) is 6.54 Å². The van der Waals surface area contributed by atoms with Crippen LogP contribution in [0, 0.1) is 0 Å². The van der Waals surface area contributed by atoms with Crippen LogP contribution in [0.5, 0.6) is 0 Å². The molecule has 0 spiro atoms. The SMILES string of the molecule is CCN(c1ccc(CNC(C)C)c(Cl)c1)C(C)C. The zero-order valence-corrected chi connectivity index (χ0v) is 12.9. The molecule has 0 bridgehead atoms. The van der Waals surface area contributed by atoms with Crippen molar-refractivity contribution in [2.45, 2.75) is 53.2 Å². The Morgan fingerprint density at radius 3 is 2.33 bits per heavy atom. The smallest absolute Gasteiger partial charge is 0.0471 e. The third-order valence-electron chi connectivity index (χ3n) is 3.03. The molecule has 0 aliphatic rings. The van der Waals surface area contributed by atoms with Crippen molar-refractivity contribution in [2.75, 3.05) is 11.4 Å². The van der Waals surface area contributed by atoms with Crippen LogP contribution in [0.2, 0.25) is 5.02 Å². The normalized spacial score (nSPS) is 11.3. The summed E-state index contributed by atoms with van der Waals surface area (Å²) in [6.07, 6.45) is 0. The molecule has 18 heavy (non-hydrogen) atoms. The zero-order valence-electron chi connectivity index (χ0n) is 12.1. The molecule has 1 aromatic rings. The van der Waals surface area contributed by atoms with Crippen LogP contribution in [-0.4, -0.2) is 18.6 Å². The number of halogens is 1. The summed E-state index contributed by atoms with van der Waals surface area (Å²) in [5, 5.41) is 4.24. The maximum absolute atomic E-state index is 6.35. The van der Waals surface area contributed by atoms with Gasteiger partial charge >= 0.3 is 0 Å². The Morgan fingerprint density at radius 1 is 1.22 bits per heavy atom. The van der Waals surface area contributed by atoms with Crippen LogP contribution in [0.1, 0.15) is 40.2 Å². The molecule has 0 radical (unpaired) electrons. The first-order valence-corrected chi connectivity index (χ1v) is 7.12. The third kappa shape index (κ3) is 4.18. The van der Waals surface area contributed by atoms with Gasteiger partial charge in [-0.3, -0.25) is 0 Å². The van der Waals surface area contributed by atoms with Gasteiger partial charge in [-0.1, -0.05) is 31.5 Å². The van der Waals surface area contributed by atoms with Gasteiger partial charge in [0.15, 0.2) is 0 Å². The average Bonchev–Trinajstić information content (AvgIpc) is 2.28. The number of nitrogens with one attached hydrogen (secondary N) is 1. The van der Waals surface area contributed by atoms with E-state index in [1.54, 1.807) is 0 Å². The molecule has 0 aromatic heterocycles. The molecule has 1 aromatic carbocycles. The molecule has 0 saturated carbocycles. The third-order valence-corrected chi connectivity index (χ3v) is 3.38. The lowest BCUT2D eigenvalue weighted by Crippen LogP contribution is -2.30. The highest BCUT2D eigenvalue weighted by atomic mass is 35.5. The van der Waals surface area contributed by atoms with Crippen molar-refractivity contribution >= 4 is 17.3 Å². The van der Waals surface area contributed by atoms with Crippen molar-refractivity contribution in [3.8, 4) is 0 Å². The number of anilines is 1. The van der Waals surface area contributed by atoms with E-state index in [1.165, 1.54) is 5.69 Å². The van der Waals surface area contributed by atoms with E-state index < -0.39 is 0 Å². The molecule has 0 heterocycles. The van der Waals surface area contributed by atoms with Crippen LogP contribution < -0.4 is 10.2 Å². The topological polar surface area (TPSA) is 15.3 Å². The lowest BCUT2D eigenvalue weighted by atomic mass is 10.1. The fourth-order valence-electron chi connectivity index (χ4n) is 2.02. The van der Waals surface area contributed by atoms with E-state index in [0.29, 0.717) is 12.1 Å². The van der Waals surface area contributed by atoms with Crippen molar-refractivity contribution in [2.24, 2.45) is 0 Å². The Hall–Kier alpha value is -0.730. The molecule has 0 fully saturated rings. The van der Waals surface area contributed by atoms with E-state index in [-0.39, 0.29) is 0 Å². The molecule has 3 heteroatoms. The predicted octanol–water partition coefficient (Wildman–Crippen LogP) is 4.07. The van der Waals surface area contributed by atoms with Gasteiger partial charge in [0.25, 0.3) is 0 Å². The van der Waals surface area contributed by atoms with E-state index in [4.69, 9.17) is 11.6 Å². The monoisotopic (exact) mass is 268 g/mol. The van der Waals surface area contributed by atoms with Gasteiger partial charge in [-0.05, 0) is 38.5 Å². The number of hydrogen-bond donors (Lipinski definition) is 1. The number of benzene rings is 1. The predicted molar refractivity (Wildman–Crippen MR) is 81.6 cm³/mol. The molecule has 0 amide bonds. The number of hydrogen-bond acceptors (Lipinski definition) is 2. The summed E-state index contributed by atoms with van der Waals surface area (Å²) in [5.41, 5.74) is 2.36. The van der Waals surface area contributed by atoms with Gasteiger partial charge in [-0.25, -0.2) is 0 Å². The van der Waals surface area contributed by atoms with Gasteiger partial charge in [-0.15, -0.1) is 0 Å². The van der Waals surface area contributed by atoms with E-state index in [0.717, 1.165) is 23.7 Å². The summed E-state index contributed by atoms with van der Waals surface area (Å²) in [4.78, 5) is 2.34. The van der Waals surface area contributed by atoms with Crippen molar-refractivity contribution in [1.82, 2.24) is 5.32 Å². The Balaban J connectivity index is 2.84. The summed E-state index contributed by atoms with van der Waals surface area (Å²) in [6.45, 7) is 12.7. The lowest BCUT2D eigenvalue weighted by molar-refractivity contribution is 0.589. The summed E-state index contributed by atoms with van der Waals surface area (Å²) in [6, 6.07) is 7.32. The van der Waals surface area contributed by atoms with Crippen LogP contribution in [0.4, 0.5) is 5.69 Å². The van der Waals surface area contributed by atoms with Crippen LogP contribution in [0.15, 0.2) is 18.2 Å². The van der Waals surface area contributed by atoms with E-state index in [1.807, 2.05) is 0 Å². The van der Waals surface area contributed by atoms with Gasteiger partial charge < -0.3 is 10.2 Å². The van der Waals surface area contributed by atoms with Gasteiger partial charge in [0.2, 0.25) is 0 Å². The lowest BCUT2D eigenvalue weighted by Gasteiger charge is -2.28. The molecular weight excluding hydrogens is 244 g/mol. The summed E-state index contributed by atoms with van der Waals surface area (Å²) < 4.78 is 0. The summed E-state index contributed by atoms with van der Waals surface area (Å²) in [7, 11) is 0. The number of nitrogens with zero attached hydrogens (tertiary/aromatic N) is 1. The first-order chi connectivity index (χ1) is 8.45. The minimum atomic E-state index is 0.476. The van der Waals surface area contributed by atoms with Crippen LogP contribution in [0.3, 0.4) is 0 Å². The molecule has 1 N–H and O–H groups in total. The fraction of sp³-hybridized carbons (Fsp3) is 0.600. The van der Waals surface area contributed by atoms with Gasteiger partial charge in [0, 0.05) is 35.9 Å². The molecule has 1 rings (SSSR count). The number of rotatable bonds is 6. The van der Waals surface area contributed by atoms with Gasteiger partial charge in [-0.2, -0.15) is 0 Å². The van der Waals surface area contributed by atoms with E-state index in [9.17, 15) is 0 Å². The minimum Gasteiger partial charge on any atom is -0.369 e. The van der Waals surface area contributed by atoms with Crippen LogP contribution >= 0.6 is 11.6 Å². The second kappa shape index (κ2) is 7.01. The average molecular weight is 269 g/mol. The van der Waals surface area contributed by atoms with Crippen molar-refractivity contribution in [3.63, 3.8) is 0 Å². The Kier molecular flexibility index (Phi) is 5.97. The quantitative estimate of drug-likeness (QED) is 0.837. The van der Waals surface area contributed by atoms with E-state index >= 15 is 0 Å². The Bertz CT molecular complexity index is 375. The highest BCUT2D eigenvalue weighted by Crippen LogP contribution is 2.25. The summed E-state index contributed by atoms with van der Waals surface area (Å²) >= 11 is 6.35. The highest BCUT2D eigenvalue weighted by molar-refractivity contribution is 6.31. The first kappa shape index (κ1) is 15.3. The Labute approximate surface area is 116 Å². The van der Waals surface area contributed by atoms with Gasteiger partial charge in [0.1, 0.15) is 0 Å². The van der Waals surface area contributed by atoms with Crippen molar-refractivity contribution in [3.05, 3.63) is 28.8 Å². The first-order valence-electron chi connectivity index (χ1n) is 6.74. The molecule has 0 saturated heterocycles. The maximum Gasteiger partial charge on any atom is 0.0471 e. The molecule has 2 nitrogen and oxygen atoms in total. The second-order valence-electron chi connectivity index (χ2n) is 5.19. The second-order valence-corrected chi connectivity index (χ2v) is 5.60. The van der Waals surface area contributed by atoms with Crippen LogP contribution in [0.25, 0.3) is 0 Å². The molecule has 0 atom stereocenters. The van der Waals surface area contributed by atoms with E-state index in [2.05, 4.69) is 63.0 Å². The molecular formula is C15H25ClN2. The Morgan fingerprint density at radius 2 is 1.89 bits per heavy atom. The standard InChI is InChI=1S/C15H25ClN2/c1-6-18(12(4)5)14-8-7-13(15(16)9-14)10-17-11(2)3/h7-9,11-12,17H,6,10H2,1-5H3.